The van der Waals surface area contributed by atoms with Crippen molar-refractivity contribution >= 4 is 39.4 Å². The summed E-state index contributed by atoms with van der Waals surface area (Å²) in [6, 6.07) is 2.29. The quantitative estimate of drug-likeness (QED) is 0.583. The largest absolute Gasteiger partial charge is 0.434 e. The fraction of sp³-hybridized carbons (Fsp3) is 0.143. The second-order valence-corrected chi connectivity index (χ2v) is 3.80. The number of nitrogens with zero attached hydrogens (tertiary/aromatic N) is 1. The van der Waals surface area contributed by atoms with Gasteiger partial charge in [-0.3, -0.25) is 4.79 Å². The summed E-state index contributed by atoms with van der Waals surface area (Å²) < 4.78 is 36.7. The van der Waals surface area contributed by atoms with Gasteiger partial charge >= 0.3 is 6.18 Å². The van der Waals surface area contributed by atoms with Gasteiger partial charge in [0.25, 0.3) is 5.24 Å². The molecule has 2 nitrogen and oxygen atoms in total. The molecule has 14 heavy (non-hydrogen) atoms. The molecule has 0 saturated carbocycles. The third-order valence-electron chi connectivity index (χ3n) is 1.32. The fourth-order valence-electron chi connectivity index (χ4n) is 0.750. The minimum absolute atomic E-state index is 0.0724. The van der Waals surface area contributed by atoms with Crippen LogP contribution in [0.3, 0.4) is 0 Å². The molecule has 0 radical (unpaired) electrons. The summed E-state index contributed by atoms with van der Waals surface area (Å²) >= 11 is 6.50. The standard InChI is InChI=1S/C7H2ClF3INO/c8-6(14)4-2-1-3(12)5(13-4)7(9,10)11/h1-2H. The number of hydrogen-bond acceptors (Lipinski definition) is 2. The number of carbonyl (C=O) groups excluding carboxylic acids is 1. The third kappa shape index (κ3) is 2.57. The molecular weight excluding hydrogens is 333 g/mol. The first-order chi connectivity index (χ1) is 6.32. The predicted molar refractivity (Wildman–Crippen MR) is 52.1 cm³/mol. The Kier molecular flexibility index (Phi) is 3.36. The molecule has 0 aliphatic heterocycles. The fourth-order valence-corrected chi connectivity index (χ4v) is 1.46. The van der Waals surface area contributed by atoms with E-state index in [4.69, 9.17) is 11.6 Å². The first kappa shape index (κ1) is 11.7. The van der Waals surface area contributed by atoms with E-state index in [0.29, 0.717) is 0 Å². The molecule has 0 atom stereocenters. The number of alkyl halides is 3. The lowest BCUT2D eigenvalue weighted by Gasteiger charge is -2.08. The van der Waals surface area contributed by atoms with Gasteiger partial charge in [0.15, 0.2) is 5.69 Å². The Morgan fingerprint density at radius 3 is 2.43 bits per heavy atom. The van der Waals surface area contributed by atoms with Crippen molar-refractivity contribution in [3.8, 4) is 0 Å². The Morgan fingerprint density at radius 1 is 1.43 bits per heavy atom. The highest BCUT2D eigenvalue weighted by Crippen LogP contribution is 2.31. The van der Waals surface area contributed by atoms with E-state index in [-0.39, 0.29) is 3.57 Å². The maximum Gasteiger partial charge on any atom is 0.434 e. The SMILES string of the molecule is O=C(Cl)c1ccc(I)c(C(F)(F)F)n1. The molecule has 0 unspecified atom stereocenters. The molecule has 0 aliphatic rings. The van der Waals surface area contributed by atoms with E-state index in [1.165, 1.54) is 22.6 Å². The van der Waals surface area contributed by atoms with Gasteiger partial charge in [-0.2, -0.15) is 13.2 Å². The van der Waals surface area contributed by atoms with Crippen LogP contribution < -0.4 is 0 Å². The van der Waals surface area contributed by atoms with E-state index in [1.54, 1.807) is 0 Å². The second-order valence-electron chi connectivity index (χ2n) is 2.30. The van der Waals surface area contributed by atoms with Crippen LogP contribution >= 0.6 is 34.2 Å². The normalized spacial score (nSPS) is 11.5. The number of pyridine rings is 1. The first-order valence-corrected chi connectivity index (χ1v) is 4.71. The minimum atomic E-state index is -4.57. The van der Waals surface area contributed by atoms with Crippen LogP contribution in [0.15, 0.2) is 12.1 Å². The van der Waals surface area contributed by atoms with Crippen molar-refractivity contribution in [2.24, 2.45) is 0 Å². The second kappa shape index (κ2) is 4.01. The van der Waals surface area contributed by atoms with Crippen LogP contribution in [-0.2, 0) is 6.18 Å². The third-order valence-corrected chi connectivity index (χ3v) is 2.38. The zero-order chi connectivity index (χ0) is 10.9. The Labute approximate surface area is 95.6 Å². The lowest BCUT2D eigenvalue weighted by atomic mass is 10.3. The van der Waals surface area contributed by atoms with Gasteiger partial charge in [0.05, 0.1) is 0 Å². The molecule has 0 amide bonds. The molecule has 1 heterocycles. The topological polar surface area (TPSA) is 30.0 Å². The molecule has 1 rings (SSSR count). The van der Waals surface area contributed by atoms with Crippen molar-refractivity contribution in [2.45, 2.75) is 6.18 Å². The average molecular weight is 335 g/mol. The van der Waals surface area contributed by atoms with Gasteiger partial charge in [-0.05, 0) is 46.3 Å². The summed E-state index contributed by atoms with van der Waals surface area (Å²) in [6.07, 6.45) is -4.57. The van der Waals surface area contributed by atoms with Crippen molar-refractivity contribution in [3.05, 3.63) is 27.1 Å². The molecule has 76 valence electrons. The maximum atomic E-state index is 12.3. The highest BCUT2D eigenvalue weighted by molar-refractivity contribution is 14.1. The van der Waals surface area contributed by atoms with E-state index in [1.807, 2.05) is 0 Å². The van der Waals surface area contributed by atoms with Crippen LogP contribution in [0.25, 0.3) is 0 Å². The summed E-state index contributed by atoms with van der Waals surface area (Å²) in [4.78, 5) is 13.7. The number of hydrogen-bond donors (Lipinski definition) is 0. The predicted octanol–water partition coefficient (Wildman–Crippen LogP) is 3.08. The Bertz CT molecular complexity index is 380. The molecule has 0 fully saturated rings. The molecule has 1 aromatic rings. The summed E-state index contributed by atoms with van der Waals surface area (Å²) in [7, 11) is 0. The van der Waals surface area contributed by atoms with Gasteiger partial charge in [-0.15, -0.1) is 0 Å². The highest BCUT2D eigenvalue weighted by Gasteiger charge is 2.35. The molecule has 0 aromatic carbocycles. The van der Waals surface area contributed by atoms with Gasteiger partial charge in [0.1, 0.15) is 5.69 Å². The van der Waals surface area contributed by atoms with E-state index < -0.39 is 22.8 Å². The van der Waals surface area contributed by atoms with Crippen molar-refractivity contribution in [1.29, 1.82) is 0 Å². The molecule has 1 aromatic heterocycles. The van der Waals surface area contributed by atoms with Crippen molar-refractivity contribution in [1.82, 2.24) is 4.98 Å². The minimum Gasteiger partial charge on any atom is -0.274 e. The lowest BCUT2D eigenvalue weighted by molar-refractivity contribution is -0.141. The highest BCUT2D eigenvalue weighted by atomic mass is 127. The molecule has 0 saturated heterocycles. The van der Waals surface area contributed by atoms with Crippen LogP contribution in [-0.4, -0.2) is 10.2 Å². The summed E-state index contributed by atoms with van der Waals surface area (Å²) in [5.74, 6) is 0. The van der Waals surface area contributed by atoms with E-state index >= 15 is 0 Å². The van der Waals surface area contributed by atoms with Gasteiger partial charge in [-0.1, -0.05) is 0 Å². The number of halogens is 5. The lowest BCUT2D eigenvalue weighted by Crippen LogP contribution is -2.12. The first-order valence-electron chi connectivity index (χ1n) is 3.26. The molecule has 0 N–H and O–H groups in total. The number of aromatic nitrogens is 1. The van der Waals surface area contributed by atoms with Crippen LogP contribution in [0.2, 0.25) is 0 Å². The van der Waals surface area contributed by atoms with E-state index in [0.717, 1.165) is 12.1 Å². The number of rotatable bonds is 1. The smallest absolute Gasteiger partial charge is 0.274 e. The Hall–Kier alpha value is -0.370. The van der Waals surface area contributed by atoms with E-state index in [9.17, 15) is 18.0 Å². The van der Waals surface area contributed by atoms with Gasteiger partial charge in [0.2, 0.25) is 0 Å². The molecular formula is C7H2ClF3INO. The Morgan fingerprint density at radius 2 is 2.00 bits per heavy atom. The van der Waals surface area contributed by atoms with Crippen LogP contribution in [0, 0.1) is 3.57 Å². The zero-order valence-corrected chi connectivity index (χ0v) is 9.31. The summed E-state index contributed by atoms with van der Waals surface area (Å²) in [5, 5.41) is -1.01. The average Bonchev–Trinajstić information content (AvgIpc) is 2.02. The molecule has 0 bridgehead atoms. The van der Waals surface area contributed by atoms with E-state index in [2.05, 4.69) is 4.98 Å². The molecule has 7 heteroatoms. The molecule has 0 aliphatic carbocycles. The zero-order valence-electron chi connectivity index (χ0n) is 6.40. The van der Waals surface area contributed by atoms with Gasteiger partial charge in [0, 0.05) is 3.57 Å². The number of carbonyl (C=O) groups is 1. The summed E-state index contributed by atoms with van der Waals surface area (Å²) in [5.41, 5.74) is -1.50. The van der Waals surface area contributed by atoms with Crippen molar-refractivity contribution < 1.29 is 18.0 Å². The monoisotopic (exact) mass is 335 g/mol. The Balaban J connectivity index is 3.29. The van der Waals surface area contributed by atoms with Gasteiger partial charge < -0.3 is 0 Å². The van der Waals surface area contributed by atoms with Crippen LogP contribution in [0.5, 0.6) is 0 Å². The summed E-state index contributed by atoms with van der Waals surface area (Å²) in [6.45, 7) is 0. The maximum absolute atomic E-state index is 12.3. The van der Waals surface area contributed by atoms with Crippen molar-refractivity contribution in [3.63, 3.8) is 0 Å². The van der Waals surface area contributed by atoms with Crippen LogP contribution in [0.4, 0.5) is 13.2 Å². The van der Waals surface area contributed by atoms with Crippen molar-refractivity contribution in [2.75, 3.05) is 0 Å². The molecule has 0 spiro atoms. The van der Waals surface area contributed by atoms with Gasteiger partial charge in [-0.25, -0.2) is 4.98 Å². The van der Waals surface area contributed by atoms with Crippen LogP contribution in [0.1, 0.15) is 16.2 Å².